The van der Waals surface area contributed by atoms with Crippen molar-refractivity contribution in [2.45, 2.75) is 116 Å². The molecular formula is C35H51N3O4S. The molecular weight excluding hydrogens is 558 g/mol. The highest BCUT2D eigenvalue weighted by Gasteiger charge is 2.34. The Morgan fingerprint density at radius 3 is 2.47 bits per heavy atom. The molecule has 8 heteroatoms. The van der Waals surface area contributed by atoms with Crippen molar-refractivity contribution in [3.63, 3.8) is 0 Å². The van der Waals surface area contributed by atoms with Crippen LogP contribution in [0.4, 0.5) is 0 Å². The van der Waals surface area contributed by atoms with Gasteiger partial charge in [0, 0.05) is 37.6 Å². The molecule has 2 aromatic rings. The lowest BCUT2D eigenvalue weighted by atomic mass is 9.80. The average molecular weight is 610 g/mol. The molecule has 7 nitrogen and oxygen atoms in total. The van der Waals surface area contributed by atoms with Crippen molar-refractivity contribution in [2.75, 3.05) is 26.3 Å². The molecule has 2 aliphatic heterocycles. The number of ether oxygens (including phenoxy) is 1. The molecule has 1 aromatic heterocycles. The predicted molar refractivity (Wildman–Crippen MR) is 172 cm³/mol. The van der Waals surface area contributed by atoms with E-state index in [0.717, 1.165) is 67.2 Å². The summed E-state index contributed by atoms with van der Waals surface area (Å²) in [6, 6.07) is 6.92. The molecule has 3 aliphatic rings. The number of thiazole rings is 1. The highest BCUT2D eigenvalue weighted by Crippen LogP contribution is 2.32. The SMILES string of the molecule is CCC(=O)C[C@@H](Cc1nc2ccc(C(C)C)cc2s1)C(=O)N[C@H](CCC(=O)C1CCN(C2COC2)CC1)C1CCCCC1. The second kappa shape index (κ2) is 15.2. The monoisotopic (exact) mass is 609 g/mol. The van der Waals surface area contributed by atoms with Gasteiger partial charge in [-0.25, -0.2) is 4.98 Å². The van der Waals surface area contributed by atoms with Gasteiger partial charge >= 0.3 is 0 Å². The minimum absolute atomic E-state index is 0.0211. The van der Waals surface area contributed by atoms with E-state index in [1.54, 1.807) is 11.3 Å². The number of likely N-dealkylation sites (tertiary alicyclic amines) is 1. The lowest BCUT2D eigenvalue weighted by molar-refractivity contribution is -0.130. The van der Waals surface area contributed by atoms with Crippen molar-refractivity contribution in [3.8, 4) is 0 Å². The second-order valence-electron chi connectivity index (χ2n) is 13.5. The Morgan fingerprint density at radius 2 is 1.81 bits per heavy atom. The molecule has 0 bridgehead atoms. The first-order chi connectivity index (χ1) is 20.8. The molecule has 3 fully saturated rings. The molecule has 1 amide bonds. The van der Waals surface area contributed by atoms with Crippen LogP contribution in [0, 0.1) is 17.8 Å². The smallest absolute Gasteiger partial charge is 0.224 e. The van der Waals surface area contributed by atoms with Crippen LogP contribution in [-0.2, 0) is 25.5 Å². The highest BCUT2D eigenvalue weighted by atomic mass is 32.1. The van der Waals surface area contributed by atoms with Gasteiger partial charge in [0.2, 0.25) is 5.91 Å². The van der Waals surface area contributed by atoms with Crippen molar-refractivity contribution in [1.82, 2.24) is 15.2 Å². The normalized spacial score (nSPS) is 20.7. The Kier molecular flexibility index (Phi) is 11.4. The number of hydrogen-bond donors (Lipinski definition) is 1. The van der Waals surface area contributed by atoms with Crippen LogP contribution in [0.15, 0.2) is 18.2 Å². The van der Waals surface area contributed by atoms with E-state index in [4.69, 9.17) is 9.72 Å². The first-order valence-corrected chi connectivity index (χ1v) is 17.7. The minimum Gasteiger partial charge on any atom is -0.378 e. The number of carbonyl (C=O) groups excluding carboxylic acids is 3. The fourth-order valence-corrected chi connectivity index (χ4v) is 8.20. The van der Waals surface area contributed by atoms with Crippen LogP contribution >= 0.6 is 11.3 Å². The fourth-order valence-electron chi connectivity index (χ4n) is 7.11. The molecule has 5 rings (SSSR count). The van der Waals surface area contributed by atoms with Gasteiger partial charge in [-0.3, -0.25) is 19.3 Å². The summed E-state index contributed by atoms with van der Waals surface area (Å²) in [4.78, 5) is 47.2. The number of aromatic nitrogens is 1. The van der Waals surface area contributed by atoms with Crippen molar-refractivity contribution >= 4 is 39.0 Å². The van der Waals surface area contributed by atoms with E-state index in [1.807, 2.05) is 6.92 Å². The second-order valence-corrected chi connectivity index (χ2v) is 14.6. The summed E-state index contributed by atoms with van der Waals surface area (Å²) >= 11 is 1.64. The number of rotatable bonds is 14. The zero-order valence-corrected chi connectivity index (χ0v) is 27.3. The number of ketones is 2. The Hall–Kier alpha value is -2.16. The van der Waals surface area contributed by atoms with Crippen LogP contribution in [0.1, 0.15) is 108 Å². The van der Waals surface area contributed by atoms with E-state index in [-0.39, 0.29) is 30.1 Å². The van der Waals surface area contributed by atoms with Crippen molar-refractivity contribution in [1.29, 1.82) is 0 Å². The third-order valence-electron chi connectivity index (χ3n) is 10.2. The van der Waals surface area contributed by atoms with E-state index in [9.17, 15) is 14.4 Å². The molecule has 1 N–H and O–H groups in total. The van der Waals surface area contributed by atoms with E-state index < -0.39 is 5.92 Å². The molecule has 1 aliphatic carbocycles. The summed E-state index contributed by atoms with van der Waals surface area (Å²) in [7, 11) is 0. The molecule has 0 spiro atoms. The Bertz CT molecular complexity index is 1240. The largest absolute Gasteiger partial charge is 0.378 e. The topological polar surface area (TPSA) is 88.6 Å². The van der Waals surface area contributed by atoms with E-state index >= 15 is 0 Å². The standard InChI is InChI=1S/C35H51N3O4S/c1-4-29(39)18-27(20-34-36-31-11-10-26(23(2)3)19-33(31)43-34)35(41)37-30(24-8-6-5-7-9-24)12-13-32(40)25-14-16-38(17-15-25)28-21-42-22-28/h10-11,19,23-25,27-28,30H,4-9,12-18,20-22H2,1-3H3,(H,37,41)/t27-,30+/m0/s1. The maximum atomic E-state index is 13.9. The highest BCUT2D eigenvalue weighted by molar-refractivity contribution is 7.18. The maximum absolute atomic E-state index is 13.9. The van der Waals surface area contributed by atoms with Gasteiger partial charge in [-0.15, -0.1) is 11.3 Å². The Balaban J connectivity index is 1.23. The van der Waals surface area contributed by atoms with Gasteiger partial charge in [-0.05, 0) is 74.7 Å². The van der Waals surface area contributed by atoms with Crippen LogP contribution in [0.2, 0.25) is 0 Å². The molecule has 0 radical (unpaired) electrons. The third kappa shape index (κ3) is 8.52. The fraction of sp³-hybridized carbons (Fsp3) is 0.714. The molecule has 1 saturated carbocycles. The van der Waals surface area contributed by atoms with E-state index in [2.05, 4.69) is 42.3 Å². The number of fused-ring (bicyclic) bond motifs is 1. The van der Waals surface area contributed by atoms with Gasteiger partial charge in [-0.1, -0.05) is 46.1 Å². The number of carbonyl (C=O) groups is 3. The lowest BCUT2D eigenvalue weighted by Crippen LogP contribution is -2.52. The van der Waals surface area contributed by atoms with Gasteiger partial charge in [0.25, 0.3) is 0 Å². The van der Waals surface area contributed by atoms with E-state index in [1.165, 1.54) is 24.8 Å². The Morgan fingerprint density at radius 1 is 1.07 bits per heavy atom. The quantitative estimate of drug-likeness (QED) is 0.264. The number of amides is 1. The van der Waals surface area contributed by atoms with Gasteiger partial charge in [0.1, 0.15) is 11.6 Å². The number of Topliss-reactive ketones (excluding diaryl/α,β-unsaturated/α-hetero) is 2. The number of hydrogen-bond acceptors (Lipinski definition) is 7. The predicted octanol–water partition coefficient (Wildman–Crippen LogP) is 6.47. The summed E-state index contributed by atoms with van der Waals surface area (Å²) in [6.45, 7) is 9.84. The first-order valence-electron chi connectivity index (χ1n) is 16.9. The lowest BCUT2D eigenvalue weighted by Gasteiger charge is -2.41. The summed E-state index contributed by atoms with van der Waals surface area (Å²) in [5.74, 6) is 0.923. The Labute approximate surface area is 261 Å². The third-order valence-corrected chi connectivity index (χ3v) is 11.2. The van der Waals surface area contributed by atoms with Crippen LogP contribution in [0.25, 0.3) is 10.2 Å². The van der Waals surface area contributed by atoms with Crippen LogP contribution in [0.3, 0.4) is 0 Å². The molecule has 0 unspecified atom stereocenters. The number of nitrogens with one attached hydrogen (secondary N) is 1. The van der Waals surface area contributed by atoms with E-state index in [0.29, 0.717) is 49.3 Å². The molecule has 43 heavy (non-hydrogen) atoms. The van der Waals surface area contributed by atoms with Crippen LogP contribution in [-0.4, -0.2) is 65.7 Å². The summed E-state index contributed by atoms with van der Waals surface area (Å²) < 4.78 is 6.49. The first kappa shape index (κ1) is 32.2. The van der Waals surface area contributed by atoms with Crippen LogP contribution < -0.4 is 5.32 Å². The minimum atomic E-state index is -0.445. The zero-order valence-electron chi connectivity index (χ0n) is 26.4. The van der Waals surface area contributed by atoms with Gasteiger partial charge < -0.3 is 10.1 Å². The van der Waals surface area contributed by atoms with Gasteiger partial charge in [-0.2, -0.15) is 0 Å². The summed E-state index contributed by atoms with van der Waals surface area (Å²) in [5, 5.41) is 4.31. The molecule has 1 aromatic carbocycles. The van der Waals surface area contributed by atoms with Crippen molar-refractivity contribution < 1.29 is 19.1 Å². The summed E-state index contributed by atoms with van der Waals surface area (Å²) in [6.07, 6.45) is 9.98. The zero-order chi connectivity index (χ0) is 30.3. The summed E-state index contributed by atoms with van der Waals surface area (Å²) in [5.41, 5.74) is 2.23. The number of benzene rings is 1. The maximum Gasteiger partial charge on any atom is 0.224 e. The molecule has 2 saturated heterocycles. The van der Waals surface area contributed by atoms with Gasteiger partial charge in [0.15, 0.2) is 0 Å². The van der Waals surface area contributed by atoms with Crippen LogP contribution in [0.5, 0.6) is 0 Å². The average Bonchev–Trinajstić information content (AvgIpc) is 3.40. The van der Waals surface area contributed by atoms with Crippen molar-refractivity contribution in [3.05, 3.63) is 28.8 Å². The number of nitrogens with zero attached hydrogens (tertiary/aromatic N) is 2. The molecule has 2 atom stereocenters. The molecule has 3 heterocycles. The number of piperidine rings is 1. The molecule has 236 valence electrons. The van der Waals surface area contributed by atoms with Crippen molar-refractivity contribution in [2.24, 2.45) is 17.8 Å². The van der Waals surface area contributed by atoms with Gasteiger partial charge in [0.05, 0.1) is 40.4 Å².